The maximum atomic E-state index is 4.30. The van der Waals surface area contributed by atoms with Crippen molar-refractivity contribution in [2.24, 2.45) is 12.5 Å². The molecule has 92 valence electrons. The lowest BCUT2D eigenvalue weighted by molar-refractivity contribution is 0.281. The summed E-state index contributed by atoms with van der Waals surface area (Å²) in [4.78, 5) is 4.30. The molecule has 1 heterocycles. The minimum absolute atomic E-state index is 0.274. The first-order chi connectivity index (χ1) is 7.61. The fourth-order valence-electron chi connectivity index (χ4n) is 1.74. The maximum absolute atomic E-state index is 4.30. The smallest absolute Gasteiger partial charge is 0.138 e. The number of aryl methyl sites for hydroxylation is 1. The van der Waals surface area contributed by atoms with Crippen molar-refractivity contribution in [2.75, 3.05) is 13.1 Å². The molecule has 0 aromatic carbocycles. The van der Waals surface area contributed by atoms with Crippen LogP contribution in [0.5, 0.6) is 0 Å². The van der Waals surface area contributed by atoms with Gasteiger partial charge in [-0.15, -0.1) is 0 Å². The van der Waals surface area contributed by atoms with Crippen LogP contribution in [-0.2, 0) is 13.5 Å². The molecule has 4 heteroatoms. The summed E-state index contributed by atoms with van der Waals surface area (Å²) in [6, 6.07) is 0. The van der Waals surface area contributed by atoms with Crippen LogP contribution in [-0.4, -0.2) is 27.9 Å². The van der Waals surface area contributed by atoms with Gasteiger partial charge in [0.2, 0.25) is 0 Å². The lowest BCUT2D eigenvalue weighted by atomic mass is 9.83. The van der Waals surface area contributed by atoms with Crippen LogP contribution in [0.2, 0.25) is 0 Å². The zero-order valence-electron chi connectivity index (χ0n) is 11.0. The summed E-state index contributed by atoms with van der Waals surface area (Å²) in [6.45, 7) is 8.88. The van der Waals surface area contributed by atoms with Gasteiger partial charge in [-0.2, -0.15) is 5.10 Å². The Morgan fingerprint density at radius 2 is 2.19 bits per heavy atom. The molecule has 0 aliphatic heterocycles. The van der Waals surface area contributed by atoms with Gasteiger partial charge in [0.1, 0.15) is 12.2 Å². The molecule has 1 atom stereocenters. The standard InChI is InChI=1S/C12H24N4/c1-5-7-13-9-12(3,6-2)8-11-14-10-15-16(11)4/h10,13H,5-9H2,1-4H3. The monoisotopic (exact) mass is 224 g/mol. The van der Waals surface area contributed by atoms with E-state index in [9.17, 15) is 0 Å². The van der Waals surface area contributed by atoms with Gasteiger partial charge in [-0.3, -0.25) is 4.68 Å². The molecule has 0 aliphatic rings. The third-order valence-electron chi connectivity index (χ3n) is 3.22. The molecule has 16 heavy (non-hydrogen) atoms. The molecule has 0 spiro atoms. The Kier molecular flexibility index (Phi) is 4.93. The number of nitrogens with one attached hydrogen (secondary N) is 1. The summed E-state index contributed by atoms with van der Waals surface area (Å²) < 4.78 is 1.87. The molecule has 1 aromatic rings. The van der Waals surface area contributed by atoms with E-state index in [1.807, 2.05) is 11.7 Å². The highest BCUT2D eigenvalue weighted by Gasteiger charge is 2.24. The third-order valence-corrected chi connectivity index (χ3v) is 3.22. The van der Waals surface area contributed by atoms with Gasteiger partial charge >= 0.3 is 0 Å². The first-order valence-electron chi connectivity index (χ1n) is 6.15. The fraction of sp³-hybridized carbons (Fsp3) is 0.833. The molecule has 0 amide bonds. The number of rotatable bonds is 7. The van der Waals surface area contributed by atoms with Crippen molar-refractivity contribution in [1.29, 1.82) is 0 Å². The second-order valence-electron chi connectivity index (χ2n) is 4.82. The third kappa shape index (κ3) is 3.59. The fourth-order valence-corrected chi connectivity index (χ4v) is 1.74. The van der Waals surface area contributed by atoms with E-state index in [1.165, 1.54) is 6.42 Å². The highest BCUT2D eigenvalue weighted by molar-refractivity contribution is 4.92. The van der Waals surface area contributed by atoms with Crippen LogP contribution in [0.3, 0.4) is 0 Å². The summed E-state index contributed by atoms with van der Waals surface area (Å²) in [5, 5.41) is 7.62. The molecule has 1 rings (SSSR count). The van der Waals surface area contributed by atoms with Gasteiger partial charge in [0.15, 0.2) is 0 Å². The van der Waals surface area contributed by atoms with E-state index in [-0.39, 0.29) is 5.41 Å². The first kappa shape index (κ1) is 13.2. The van der Waals surface area contributed by atoms with E-state index in [0.717, 1.165) is 31.8 Å². The lowest BCUT2D eigenvalue weighted by Gasteiger charge is -2.28. The molecule has 0 fully saturated rings. The Balaban J connectivity index is 2.55. The molecule has 1 unspecified atom stereocenters. The van der Waals surface area contributed by atoms with Crippen LogP contribution < -0.4 is 5.32 Å². The number of hydrogen-bond donors (Lipinski definition) is 1. The van der Waals surface area contributed by atoms with Gasteiger partial charge < -0.3 is 5.32 Å². The average molecular weight is 224 g/mol. The van der Waals surface area contributed by atoms with E-state index >= 15 is 0 Å². The van der Waals surface area contributed by atoms with Crippen molar-refractivity contribution in [2.45, 2.75) is 40.0 Å². The van der Waals surface area contributed by atoms with Crippen LogP contribution in [0.25, 0.3) is 0 Å². The second kappa shape index (κ2) is 5.99. The molecule has 1 aromatic heterocycles. The SMILES string of the molecule is CCCNCC(C)(CC)Cc1ncnn1C. The number of nitrogens with zero attached hydrogens (tertiary/aromatic N) is 3. The van der Waals surface area contributed by atoms with Crippen molar-refractivity contribution in [3.63, 3.8) is 0 Å². The van der Waals surface area contributed by atoms with Gasteiger partial charge in [-0.25, -0.2) is 4.98 Å². The van der Waals surface area contributed by atoms with Crippen molar-refractivity contribution >= 4 is 0 Å². The zero-order valence-corrected chi connectivity index (χ0v) is 11.0. The van der Waals surface area contributed by atoms with E-state index < -0.39 is 0 Å². The van der Waals surface area contributed by atoms with Crippen molar-refractivity contribution in [3.8, 4) is 0 Å². The molecule has 0 saturated heterocycles. The maximum Gasteiger partial charge on any atom is 0.138 e. The summed E-state index contributed by atoms with van der Waals surface area (Å²) in [6.07, 6.45) is 4.95. The minimum Gasteiger partial charge on any atom is -0.316 e. The van der Waals surface area contributed by atoms with E-state index in [4.69, 9.17) is 0 Å². The highest BCUT2D eigenvalue weighted by atomic mass is 15.3. The minimum atomic E-state index is 0.274. The van der Waals surface area contributed by atoms with E-state index in [2.05, 4.69) is 36.2 Å². The molecule has 0 saturated carbocycles. The summed E-state index contributed by atoms with van der Waals surface area (Å²) in [5.41, 5.74) is 0.274. The Morgan fingerprint density at radius 3 is 2.69 bits per heavy atom. The topological polar surface area (TPSA) is 42.7 Å². The van der Waals surface area contributed by atoms with Crippen LogP contribution >= 0.6 is 0 Å². The van der Waals surface area contributed by atoms with Gasteiger partial charge in [0, 0.05) is 20.0 Å². The van der Waals surface area contributed by atoms with Crippen LogP contribution in [0.1, 0.15) is 39.4 Å². The lowest BCUT2D eigenvalue weighted by Crippen LogP contribution is -2.34. The summed E-state index contributed by atoms with van der Waals surface area (Å²) in [5.74, 6) is 1.07. The van der Waals surface area contributed by atoms with Crippen LogP contribution in [0.15, 0.2) is 6.33 Å². The number of hydrogen-bond acceptors (Lipinski definition) is 3. The molecular formula is C12H24N4. The summed E-state index contributed by atoms with van der Waals surface area (Å²) >= 11 is 0. The molecular weight excluding hydrogens is 200 g/mol. The van der Waals surface area contributed by atoms with Crippen molar-refractivity contribution in [1.82, 2.24) is 20.1 Å². The Hall–Kier alpha value is -0.900. The quantitative estimate of drug-likeness (QED) is 0.718. The van der Waals surface area contributed by atoms with Gasteiger partial charge in [0.05, 0.1) is 0 Å². The number of aromatic nitrogens is 3. The molecule has 1 N–H and O–H groups in total. The van der Waals surface area contributed by atoms with Gasteiger partial charge in [-0.05, 0) is 24.8 Å². The van der Waals surface area contributed by atoms with Crippen molar-refractivity contribution in [3.05, 3.63) is 12.2 Å². The summed E-state index contributed by atoms with van der Waals surface area (Å²) in [7, 11) is 1.96. The predicted molar refractivity (Wildman–Crippen MR) is 66.3 cm³/mol. The zero-order chi connectivity index (χ0) is 12.0. The Bertz CT molecular complexity index is 308. The Morgan fingerprint density at radius 1 is 1.44 bits per heavy atom. The van der Waals surface area contributed by atoms with Crippen molar-refractivity contribution < 1.29 is 0 Å². The highest BCUT2D eigenvalue weighted by Crippen LogP contribution is 2.24. The van der Waals surface area contributed by atoms with E-state index in [0.29, 0.717) is 0 Å². The van der Waals surface area contributed by atoms with Gasteiger partial charge in [0.25, 0.3) is 0 Å². The largest absolute Gasteiger partial charge is 0.316 e. The molecule has 0 radical (unpaired) electrons. The van der Waals surface area contributed by atoms with E-state index in [1.54, 1.807) is 6.33 Å². The molecule has 0 aliphatic carbocycles. The van der Waals surface area contributed by atoms with Crippen LogP contribution in [0.4, 0.5) is 0 Å². The first-order valence-corrected chi connectivity index (χ1v) is 6.15. The molecule has 4 nitrogen and oxygen atoms in total. The molecule has 0 bridgehead atoms. The van der Waals surface area contributed by atoms with Gasteiger partial charge in [-0.1, -0.05) is 20.8 Å². The Labute approximate surface area is 98.5 Å². The normalized spacial score (nSPS) is 15.0. The second-order valence-corrected chi connectivity index (χ2v) is 4.82. The van der Waals surface area contributed by atoms with Crippen LogP contribution in [0, 0.1) is 5.41 Å². The predicted octanol–water partition coefficient (Wildman–Crippen LogP) is 1.77. The average Bonchev–Trinajstić information content (AvgIpc) is 2.65.